The van der Waals surface area contributed by atoms with E-state index in [2.05, 4.69) is 5.32 Å². The van der Waals surface area contributed by atoms with Gasteiger partial charge in [0.25, 0.3) is 5.91 Å². The number of benzene rings is 2. The molecule has 1 aromatic heterocycles. The van der Waals surface area contributed by atoms with Crippen molar-refractivity contribution in [2.45, 2.75) is 0 Å². The van der Waals surface area contributed by atoms with Crippen LogP contribution in [0.5, 0.6) is 11.5 Å². The normalized spacial score (nSPS) is 10.6. The Morgan fingerprint density at radius 1 is 1.04 bits per heavy atom. The minimum absolute atomic E-state index is 0.213. The smallest absolute Gasteiger partial charge is 0.255 e. The number of furan rings is 1. The van der Waals surface area contributed by atoms with Crippen LogP contribution in [-0.4, -0.2) is 27.2 Å². The molecule has 0 saturated heterocycles. The van der Waals surface area contributed by atoms with Gasteiger partial charge >= 0.3 is 0 Å². The third-order valence-corrected chi connectivity index (χ3v) is 3.68. The summed E-state index contributed by atoms with van der Waals surface area (Å²) in [4.78, 5) is 12.4. The number of carbonyl (C=O) groups excluding carboxylic acids is 1. The topological polar surface area (TPSA) is 60.7 Å². The number of methoxy groups -OCH3 is 2. The number of nitrogens with one attached hydrogen (secondary N) is 1. The van der Waals surface area contributed by atoms with Crippen molar-refractivity contribution in [2.24, 2.45) is 0 Å². The lowest BCUT2D eigenvalue weighted by Crippen LogP contribution is -2.18. The van der Waals surface area contributed by atoms with Crippen LogP contribution in [-0.2, 0) is 0 Å². The summed E-state index contributed by atoms with van der Waals surface area (Å²) in [6, 6.07) is 13.0. The Balaban J connectivity index is 2.34. The number of carbonyl (C=O) groups is 1. The number of ether oxygens (including phenoxy) is 2. The molecular formula is C18H17NO4. The van der Waals surface area contributed by atoms with Crippen molar-refractivity contribution in [3.05, 3.63) is 48.0 Å². The number of hydrogen-bond donors (Lipinski definition) is 1. The highest BCUT2D eigenvalue weighted by atomic mass is 16.5. The van der Waals surface area contributed by atoms with Gasteiger partial charge in [-0.1, -0.05) is 30.3 Å². The predicted octanol–water partition coefficient (Wildman–Crippen LogP) is 3.48. The van der Waals surface area contributed by atoms with Crippen LogP contribution in [0.4, 0.5) is 0 Å². The van der Waals surface area contributed by atoms with Gasteiger partial charge in [0, 0.05) is 24.1 Å². The van der Waals surface area contributed by atoms with Crippen LogP contribution in [0.25, 0.3) is 22.3 Å². The first-order chi connectivity index (χ1) is 11.2. The fraction of sp³-hybridized carbons (Fsp3) is 0.167. The van der Waals surface area contributed by atoms with Crippen LogP contribution in [0.1, 0.15) is 10.4 Å². The van der Waals surface area contributed by atoms with E-state index in [9.17, 15) is 4.79 Å². The standard InChI is InChI=1S/C18H17NO4/c1-19-18(20)16-12-9-14(21-2)15(22-3)10-13(12)23-17(16)11-7-5-4-6-8-11/h4-10H,1-3H3,(H,19,20). The lowest BCUT2D eigenvalue weighted by Gasteiger charge is -2.07. The molecule has 1 heterocycles. The lowest BCUT2D eigenvalue weighted by atomic mass is 10.0. The van der Waals surface area contributed by atoms with Gasteiger partial charge < -0.3 is 19.2 Å². The molecule has 0 unspecified atom stereocenters. The molecular weight excluding hydrogens is 294 g/mol. The molecule has 0 aliphatic carbocycles. The summed E-state index contributed by atoms with van der Waals surface area (Å²) >= 11 is 0. The van der Waals surface area contributed by atoms with Gasteiger partial charge in [0.1, 0.15) is 11.3 Å². The highest BCUT2D eigenvalue weighted by Crippen LogP contribution is 2.39. The fourth-order valence-corrected chi connectivity index (χ4v) is 2.57. The van der Waals surface area contributed by atoms with E-state index in [1.807, 2.05) is 30.3 Å². The molecule has 2 aromatic carbocycles. The predicted molar refractivity (Wildman–Crippen MR) is 88.1 cm³/mol. The van der Waals surface area contributed by atoms with Crippen molar-refractivity contribution in [2.75, 3.05) is 21.3 Å². The highest BCUT2D eigenvalue weighted by molar-refractivity contribution is 6.11. The van der Waals surface area contributed by atoms with E-state index < -0.39 is 0 Å². The quantitative estimate of drug-likeness (QED) is 0.801. The Bertz CT molecular complexity index is 852. The van der Waals surface area contributed by atoms with E-state index in [-0.39, 0.29) is 5.91 Å². The van der Waals surface area contributed by atoms with E-state index >= 15 is 0 Å². The second-order valence-corrected chi connectivity index (χ2v) is 4.95. The van der Waals surface area contributed by atoms with Crippen molar-refractivity contribution in [1.29, 1.82) is 0 Å². The van der Waals surface area contributed by atoms with E-state index in [4.69, 9.17) is 13.9 Å². The monoisotopic (exact) mass is 311 g/mol. The molecule has 0 spiro atoms. The van der Waals surface area contributed by atoms with Gasteiger partial charge in [-0.05, 0) is 6.07 Å². The first kappa shape index (κ1) is 15.0. The van der Waals surface area contributed by atoms with Crippen molar-refractivity contribution in [3.63, 3.8) is 0 Å². The summed E-state index contributed by atoms with van der Waals surface area (Å²) in [5, 5.41) is 3.35. The van der Waals surface area contributed by atoms with Gasteiger partial charge in [-0.2, -0.15) is 0 Å². The fourth-order valence-electron chi connectivity index (χ4n) is 2.57. The van der Waals surface area contributed by atoms with Gasteiger partial charge in [-0.25, -0.2) is 0 Å². The maximum absolute atomic E-state index is 12.4. The number of fused-ring (bicyclic) bond motifs is 1. The Morgan fingerprint density at radius 3 is 2.30 bits per heavy atom. The van der Waals surface area contributed by atoms with Gasteiger partial charge in [-0.15, -0.1) is 0 Å². The molecule has 23 heavy (non-hydrogen) atoms. The summed E-state index contributed by atoms with van der Waals surface area (Å²) in [5.74, 6) is 1.41. The molecule has 0 radical (unpaired) electrons. The Labute approximate surface area is 133 Å². The molecule has 1 amide bonds. The number of rotatable bonds is 4. The zero-order valence-electron chi connectivity index (χ0n) is 13.2. The van der Waals surface area contributed by atoms with Gasteiger partial charge in [0.05, 0.1) is 19.8 Å². The Hall–Kier alpha value is -2.95. The summed E-state index contributed by atoms with van der Waals surface area (Å²) in [5.41, 5.74) is 1.88. The molecule has 0 saturated carbocycles. The van der Waals surface area contributed by atoms with Crippen molar-refractivity contribution < 1.29 is 18.7 Å². The highest BCUT2D eigenvalue weighted by Gasteiger charge is 2.23. The summed E-state index contributed by atoms with van der Waals surface area (Å²) in [7, 11) is 4.71. The van der Waals surface area contributed by atoms with E-state index in [0.29, 0.717) is 33.8 Å². The second-order valence-electron chi connectivity index (χ2n) is 4.95. The van der Waals surface area contributed by atoms with Crippen LogP contribution in [0.15, 0.2) is 46.9 Å². The minimum atomic E-state index is -0.213. The maximum Gasteiger partial charge on any atom is 0.255 e. The molecule has 3 rings (SSSR count). The molecule has 0 atom stereocenters. The largest absolute Gasteiger partial charge is 0.493 e. The SMILES string of the molecule is CNC(=O)c1c(-c2ccccc2)oc2cc(OC)c(OC)cc12. The molecule has 5 heteroatoms. The molecule has 1 N–H and O–H groups in total. The van der Waals surface area contributed by atoms with Crippen LogP contribution in [0.2, 0.25) is 0 Å². The first-order valence-electron chi connectivity index (χ1n) is 7.15. The van der Waals surface area contributed by atoms with Crippen LogP contribution in [0.3, 0.4) is 0 Å². The van der Waals surface area contributed by atoms with Gasteiger partial charge in [0.2, 0.25) is 0 Å². The third-order valence-electron chi connectivity index (χ3n) is 3.68. The summed E-state index contributed by atoms with van der Waals surface area (Å²) in [6.07, 6.45) is 0. The minimum Gasteiger partial charge on any atom is -0.493 e. The zero-order valence-corrected chi connectivity index (χ0v) is 13.2. The van der Waals surface area contributed by atoms with Gasteiger partial charge in [0.15, 0.2) is 11.5 Å². The molecule has 3 aromatic rings. The summed E-state index contributed by atoms with van der Waals surface area (Å²) in [6.45, 7) is 0. The maximum atomic E-state index is 12.4. The van der Waals surface area contributed by atoms with Crippen LogP contribution >= 0.6 is 0 Å². The summed E-state index contributed by atoms with van der Waals surface area (Å²) < 4.78 is 16.6. The van der Waals surface area contributed by atoms with Crippen LogP contribution < -0.4 is 14.8 Å². The average molecular weight is 311 g/mol. The molecule has 0 aliphatic rings. The van der Waals surface area contributed by atoms with E-state index in [1.54, 1.807) is 33.4 Å². The first-order valence-corrected chi connectivity index (χ1v) is 7.15. The zero-order chi connectivity index (χ0) is 16.4. The molecule has 0 fully saturated rings. The van der Waals surface area contributed by atoms with E-state index in [1.165, 1.54) is 0 Å². The number of amides is 1. The Morgan fingerprint density at radius 2 is 1.70 bits per heavy atom. The van der Waals surface area contributed by atoms with Gasteiger partial charge in [-0.3, -0.25) is 4.79 Å². The van der Waals surface area contributed by atoms with Crippen molar-refractivity contribution in [1.82, 2.24) is 5.32 Å². The van der Waals surface area contributed by atoms with E-state index in [0.717, 1.165) is 5.56 Å². The lowest BCUT2D eigenvalue weighted by molar-refractivity contribution is 0.0964. The van der Waals surface area contributed by atoms with Crippen molar-refractivity contribution >= 4 is 16.9 Å². The molecule has 0 bridgehead atoms. The second kappa shape index (κ2) is 6.04. The Kier molecular flexibility index (Phi) is 3.93. The molecule has 118 valence electrons. The average Bonchev–Trinajstić information content (AvgIpc) is 2.98. The number of hydrogen-bond acceptors (Lipinski definition) is 4. The third kappa shape index (κ3) is 2.50. The molecule has 5 nitrogen and oxygen atoms in total. The van der Waals surface area contributed by atoms with Crippen molar-refractivity contribution in [3.8, 4) is 22.8 Å². The van der Waals surface area contributed by atoms with Crippen LogP contribution in [0, 0.1) is 0 Å². The molecule has 0 aliphatic heterocycles.